The van der Waals surface area contributed by atoms with Crippen molar-refractivity contribution < 1.29 is 4.74 Å². The molecule has 1 aliphatic carbocycles. The van der Waals surface area contributed by atoms with Crippen LogP contribution in [0.2, 0.25) is 0 Å². The molecule has 0 bridgehead atoms. The summed E-state index contributed by atoms with van der Waals surface area (Å²) in [5.74, 6) is 1.66. The van der Waals surface area contributed by atoms with Crippen molar-refractivity contribution in [1.29, 1.82) is 0 Å². The van der Waals surface area contributed by atoms with Crippen molar-refractivity contribution in [2.45, 2.75) is 31.7 Å². The molecule has 3 rings (SSSR count). The smallest absolute Gasteiger partial charge is 0.242 e. The number of aromatic nitrogens is 2. The molecule has 0 saturated heterocycles. The standard InChI is InChI=1S/C16H20N4O/c1-2-8-21-16-14(17)15(18-10-19-16)20-13-9-12(13)11-6-4-3-5-7-11/h3-7,10,12-13H,2,8-9,17H2,1H3,(H,18,19,20). The first-order valence-electron chi connectivity index (χ1n) is 7.34. The lowest BCUT2D eigenvalue weighted by atomic mass is 10.1. The summed E-state index contributed by atoms with van der Waals surface area (Å²) in [4.78, 5) is 8.31. The van der Waals surface area contributed by atoms with Gasteiger partial charge in [0.15, 0.2) is 5.82 Å². The third-order valence-electron chi connectivity index (χ3n) is 3.63. The molecule has 0 radical (unpaired) electrons. The SMILES string of the molecule is CCCOc1ncnc(NC2CC2c2ccccc2)c1N. The number of nitrogens with one attached hydrogen (secondary N) is 1. The molecule has 0 spiro atoms. The molecule has 1 saturated carbocycles. The summed E-state index contributed by atoms with van der Waals surface area (Å²) < 4.78 is 5.52. The van der Waals surface area contributed by atoms with E-state index in [1.165, 1.54) is 11.9 Å². The summed E-state index contributed by atoms with van der Waals surface area (Å²) in [6.07, 6.45) is 3.51. The Morgan fingerprint density at radius 2 is 2.10 bits per heavy atom. The zero-order chi connectivity index (χ0) is 14.7. The van der Waals surface area contributed by atoms with Gasteiger partial charge < -0.3 is 15.8 Å². The molecule has 2 aromatic rings. The van der Waals surface area contributed by atoms with Crippen LogP contribution in [0.1, 0.15) is 31.2 Å². The van der Waals surface area contributed by atoms with Crippen LogP contribution in [0.25, 0.3) is 0 Å². The number of anilines is 2. The maximum absolute atomic E-state index is 6.07. The summed E-state index contributed by atoms with van der Waals surface area (Å²) in [6, 6.07) is 10.9. The molecular formula is C16H20N4O. The second-order valence-corrected chi connectivity index (χ2v) is 5.29. The van der Waals surface area contributed by atoms with Gasteiger partial charge in [-0.15, -0.1) is 0 Å². The van der Waals surface area contributed by atoms with E-state index in [-0.39, 0.29) is 0 Å². The van der Waals surface area contributed by atoms with Crippen LogP contribution < -0.4 is 15.8 Å². The van der Waals surface area contributed by atoms with Gasteiger partial charge in [-0.2, -0.15) is 4.98 Å². The molecule has 0 aliphatic heterocycles. The molecule has 2 unspecified atom stereocenters. The summed E-state index contributed by atoms with van der Waals surface area (Å²) >= 11 is 0. The first-order valence-corrected chi connectivity index (χ1v) is 7.34. The molecule has 1 aliphatic rings. The van der Waals surface area contributed by atoms with E-state index in [9.17, 15) is 0 Å². The Kier molecular flexibility index (Phi) is 3.90. The molecule has 1 aromatic carbocycles. The van der Waals surface area contributed by atoms with Crippen molar-refractivity contribution in [2.75, 3.05) is 17.7 Å². The number of hydrogen-bond acceptors (Lipinski definition) is 5. The first-order chi connectivity index (χ1) is 10.3. The van der Waals surface area contributed by atoms with E-state index in [1.807, 2.05) is 13.0 Å². The quantitative estimate of drug-likeness (QED) is 0.853. The van der Waals surface area contributed by atoms with Crippen LogP contribution in [0.5, 0.6) is 5.88 Å². The van der Waals surface area contributed by atoms with Gasteiger partial charge in [-0.1, -0.05) is 37.3 Å². The van der Waals surface area contributed by atoms with E-state index in [2.05, 4.69) is 39.6 Å². The van der Waals surface area contributed by atoms with Gasteiger partial charge in [-0.3, -0.25) is 0 Å². The van der Waals surface area contributed by atoms with Crippen LogP contribution in [0.4, 0.5) is 11.5 Å². The molecule has 1 fully saturated rings. The summed E-state index contributed by atoms with van der Waals surface area (Å²) in [5.41, 5.74) is 7.91. The highest BCUT2D eigenvalue weighted by atomic mass is 16.5. The number of rotatable bonds is 6. The minimum atomic E-state index is 0.378. The number of hydrogen-bond donors (Lipinski definition) is 2. The Hall–Kier alpha value is -2.30. The Morgan fingerprint density at radius 1 is 1.29 bits per heavy atom. The average Bonchev–Trinajstić information content (AvgIpc) is 3.28. The fourth-order valence-corrected chi connectivity index (χ4v) is 2.41. The number of nitrogen functional groups attached to an aromatic ring is 1. The van der Waals surface area contributed by atoms with Crippen LogP contribution in [-0.4, -0.2) is 22.6 Å². The van der Waals surface area contributed by atoms with Crippen molar-refractivity contribution in [3.05, 3.63) is 42.2 Å². The van der Waals surface area contributed by atoms with Crippen molar-refractivity contribution in [1.82, 2.24) is 9.97 Å². The second kappa shape index (κ2) is 5.99. The van der Waals surface area contributed by atoms with Gasteiger partial charge in [0.1, 0.15) is 12.0 Å². The minimum Gasteiger partial charge on any atom is -0.476 e. The molecular weight excluding hydrogens is 264 g/mol. The maximum atomic E-state index is 6.07. The van der Waals surface area contributed by atoms with Crippen molar-refractivity contribution in [2.24, 2.45) is 0 Å². The molecule has 110 valence electrons. The normalized spacial score (nSPS) is 20.0. The van der Waals surface area contributed by atoms with Gasteiger partial charge in [-0.05, 0) is 18.4 Å². The third kappa shape index (κ3) is 3.07. The van der Waals surface area contributed by atoms with E-state index < -0.39 is 0 Å². The van der Waals surface area contributed by atoms with E-state index in [0.717, 1.165) is 12.8 Å². The zero-order valence-corrected chi connectivity index (χ0v) is 12.1. The lowest BCUT2D eigenvalue weighted by Crippen LogP contribution is -2.10. The van der Waals surface area contributed by atoms with Crippen molar-refractivity contribution in [3.8, 4) is 5.88 Å². The summed E-state index contributed by atoms with van der Waals surface area (Å²) in [5, 5.41) is 3.39. The molecule has 21 heavy (non-hydrogen) atoms. The van der Waals surface area contributed by atoms with Gasteiger partial charge in [0, 0.05) is 12.0 Å². The van der Waals surface area contributed by atoms with Gasteiger partial charge in [-0.25, -0.2) is 4.98 Å². The maximum Gasteiger partial charge on any atom is 0.242 e. The average molecular weight is 284 g/mol. The Balaban J connectivity index is 1.67. The largest absolute Gasteiger partial charge is 0.476 e. The number of ether oxygens (including phenoxy) is 1. The monoisotopic (exact) mass is 284 g/mol. The van der Waals surface area contributed by atoms with Crippen LogP contribution in [0.3, 0.4) is 0 Å². The first kappa shape index (κ1) is 13.7. The third-order valence-corrected chi connectivity index (χ3v) is 3.63. The summed E-state index contributed by atoms with van der Waals surface area (Å²) in [6.45, 7) is 2.65. The highest BCUT2D eigenvalue weighted by molar-refractivity contribution is 5.67. The Bertz CT molecular complexity index is 602. The minimum absolute atomic E-state index is 0.378. The van der Waals surface area contributed by atoms with Crippen LogP contribution in [-0.2, 0) is 0 Å². The highest BCUT2D eigenvalue weighted by Crippen LogP contribution is 2.43. The zero-order valence-electron chi connectivity index (χ0n) is 12.1. The fourth-order valence-electron chi connectivity index (χ4n) is 2.41. The molecule has 1 heterocycles. The van der Waals surface area contributed by atoms with Gasteiger partial charge in [0.2, 0.25) is 5.88 Å². The number of nitrogens with two attached hydrogens (primary N) is 1. The van der Waals surface area contributed by atoms with Crippen molar-refractivity contribution >= 4 is 11.5 Å². The van der Waals surface area contributed by atoms with E-state index in [4.69, 9.17) is 10.5 Å². The number of benzene rings is 1. The van der Waals surface area contributed by atoms with E-state index in [0.29, 0.717) is 36.0 Å². The van der Waals surface area contributed by atoms with Crippen LogP contribution in [0.15, 0.2) is 36.7 Å². The van der Waals surface area contributed by atoms with Gasteiger partial charge in [0.25, 0.3) is 0 Å². The topological polar surface area (TPSA) is 73.1 Å². The van der Waals surface area contributed by atoms with Crippen LogP contribution >= 0.6 is 0 Å². The van der Waals surface area contributed by atoms with Crippen molar-refractivity contribution in [3.63, 3.8) is 0 Å². The van der Waals surface area contributed by atoms with E-state index >= 15 is 0 Å². The predicted molar refractivity (Wildman–Crippen MR) is 83.4 cm³/mol. The van der Waals surface area contributed by atoms with Gasteiger partial charge in [0.05, 0.1) is 6.61 Å². The molecule has 1 aromatic heterocycles. The molecule has 5 heteroatoms. The fraction of sp³-hybridized carbons (Fsp3) is 0.375. The highest BCUT2D eigenvalue weighted by Gasteiger charge is 2.38. The molecule has 2 atom stereocenters. The predicted octanol–water partition coefficient (Wildman–Crippen LogP) is 2.82. The Labute approximate surface area is 124 Å². The van der Waals surface area contributed by atoms with Crippen LogP contribution in [0, 0.1) is 0 Å². The number of nitrogens with zero attached hydrogens (tertiary/aromatic N) is 2. The lowest BCUT2D eigenvalue weighted by molar-refractivity contribution is 0.306. The Morgan fingerprint density at radius 3 is 2.86 bits per heavy atom. The molecule has 0 amide bonds. The molecule has 5 nitrogen and oxygen atoms in total. The molecule has 3 N–H and O–H groups in total. The van der Waals surface area contributed by atoms with E-state index in [1.54, 1.807) is 0 Å². The van der Waals surface area contributed by atoms with Gasteiger partial charge >= 0.3 is 0 Å². The second-order valence-electron chi connectivity index (χ2n) is 5.29. The lowest BCUT2D eigenvalue weighted by Gasteiger charge is -2.11. The summed E-state index contributed by atoms with van der Waals surface area (Å²) in [7, 11) is 0.